The lowest BCUT2D eigenvalue weighted by molar-refractivity contribution is -0.385. The van der Waals surface area contributed by atoms with Crippen LogP contribution in [0, 0.1) is 24.0 Å². The van der Waals surface area contributed by atoms with E-state index in [9.17, 15) is 14.9 Å². The maximum absolute atomic E-state index is 10.9. The van der Waals surface area contributed by atoms with Crippen LogP contribution in [-0.4, -0.2) is 11.2 Å². The number of hydrogen-bond donors (Lipinski definition) is 0. The lowest BCUT2D eigenvalue weighted by Crippen LogP contribution is -1.94. The van der Waals surface area contributed by atoms with Crippen LogP contribution in [0.1, 0.15) is 21.7 Å². The number of carbonyl (C=O) groups excluding carboxylic acids is 1. The van der Waals surface area contributed by atoms with E-state index in [0.29, 0.717) is 23.2 Å². The Morgan fingerprint density at radius 2 is 2.00 bits per heavy atom. The monoisotopic (exact) mass is 245 g/mol. The molecule has 0 N–H and O–H groups in total. The molecule has 0 radical (unpaired) electrons. The van der Waals surface area contributed by atoms with Crippen molar-refractivity contribution < 1.29 is 14.1 Å². The van der Waals surface area contributed by atoms with Gasteiger partial charge in [-0.25, -0.2) is 0 Å². The van der Waals surface area contributed by atoms with Gasteiger partial charge in [-0.2, -0.15) is 0 Å². The van der Waals surface area contributed by atoms with Crippen molar-refractivity contribution in [2.45, 2.75) is 13.8 Å². The molecule has 0 amide bonds. The fourth-order valence-electron chi connectivity index (χ4n) is 1.74. The molecule has 0 saturated carbocycles. The second kappa shape index (κ2) is 4.44. The van der Waals surface area contributed by atoms with Crippen LogP contribution >= 0.6 is 0 Å². The molecule has 0 saturated heterocycles. The third-order valence-corrected chi connectivity index (χ3v) is 2.86. The molecule has 0 atom stereocenters. The van der Waals surface area contributed by atoms with Gasteiger partial charge in [0.05, 0.1) is 4.92 Å². The van der Waals surface area contributed by atoms with Crippen LogP contribution in [0.2, 0.25) is 0 Å². The van der Waals surface area contributed by atoms with Crippen LogP contribution in [0.4, 0.5) is 5.69 Å². The molecule has 92 valence electrons. The number of rotatable bonds is 3. The summed E-state index contributed by atoms with van der Waals surface area (Å²) >= 11 is 0. The van der Waals surface area contributed by atoms with E-state index in [1.807, 2.05) is 0 Å². The number of nitro groups is 1. The molecule has 0 aliphatic carbocycles. The van der Waals surface area contributed by atoms with Crippen LogP contribution in [0.25, 0.3) is 11.3 Å². The molecule has 1 aromatic carbocycles. The number of hydrogen-bond acceptors (Lipinski definition) is 4. The minimum atomic E-state index is -0.421. The molecule has 2 rings (SSSR count). The van der Waals surface area contributed by atoms with E-state index in [1.165, 1.54) is 12.1 Å². The molecular weight excluding hydrogens is 234 g/mol. The minimum Gasteiger partial charge on any atom is -0.453 e. The SMILES string of the molecule is Cc1cc(-c2ccc(C=O)o2)cc([N+](=O)[O-])c1C. The summed E-state index contributed by atoms with van der Waals surface area (Å²) in [4.78, 5) is 21.1. The van der Waals surface area contributed by atoms with Gasteiger partial charge in [-0.3, -0.25) is 14.9 Å². The molecule has 0 unspecified atom stereocenters. The van der Waals surface area contributed by atoms with Gasteiger partial charge < -0.3 is 4.42 Å². The number of benzene rings is 1. The molecule has 2 aromatic rings. The van der Waals surface area contributed by atoms with Crippen LogP contribution in [0.5, 0.6) is 0 Å². The standard InChI is InChI=1S/C13H11NO4/c1-8-5-10(6-12(9(8)2)14(16)17)13-4-3-11(7-15)18-13/h3-7H,1-2H3. The zero-order valence-corrected chi connectivity index (χ0v) is 9.97. The third-order valence-electron chi connectivity index (χ3n) is 2.86. The highest BCUT2D eigenvalue weighted by atomic mass is 16.6. The lowest BCUT2D eigenvalue weighted by Gasteiger charge is -2.04. The summed E-state index contributed by atoms with van der Waals surface area (Å²) < 4.78 is 5.26. The first-order chi connectivity index (χ1) is 8.52. The molecule has 5 nitrogen and oxygen atoms in total. The normalized spacial score (nSPS) is 10.3. The minimum absolute atomic E-state index is 0.0500. The van der Waals surface area contributed by atoms with Crippen molar-refractivity contribution in [3.8, 4) is 11.3 Å². The third kappa shape index (κ3) is 2.02. The van der Waals surface area contributed by atoms with Gasteiger partial charge >= 0.3 is 0 Å². The van der Waals surface area contributed by atoms with Crippen molar-refractivity contribution in [1.82, 2.24) is 0 Å². The summed E-state index contributed by atoms with van der Waals surface area (Å²) in [5.41, 5.74) is 2.08. The quantitative estimate of drug-likeness (QED) is 0.472. The number of aryl methyl sites for hydroxylation is 1. The Labute approximate surface area is 103 Å². The molecule has 0 aliphatic heterocycles. The van der Waals surface area contributed by atoms with E-state index < -0.39 is 4.92 Å². The number of aldehydes is 1. The number of furan rings is 1. The first-order valence-electron chi connectivity index (χ1n) is 5.34. The van der Waals surface area contributed by atoms with Crippen LogP contribution < -0.4 is 0 Å². The largest absolute Gasteiger partial charge is 0.453 e. The Hall–Kier alpha value is -2.43. The fraction of sp³-hybridized carbons (Fsp3) is 0.154. The number of carbonyl (C=O) groups is 1. The molecule has 0 fully saturated rings. The summed E-state index contributed by atoms with van der Waals surface area (Å²) in [5, 5.41) is 10.9. The fourth-order valence-corrected chi connectivity index (χ4v) is 1.74. The van der Waals surface area contributed by atoms with Gasteiger partial charge in [0.15, 0.2) is 12.0 Å². The van der Waals surface area contributed by atoms with Gasteiger partial charge in [-0.05, 0) is 37.6 Å². The Morgan fingerprint density at radius 1 is 1.28 bits per heavy atom. The second-order valence-corrected chi connectivity index (χ2v) is 4.01. The van der Waals surface area contributed by atoms with Gasteiger partial charge in [0.25, 0.3) is 5.69 Å². The highest BCUT2D eigenvalue weighted by Gasteiger charge is 2.16. The predicted octanol–water partition coefficient (Wildman–Crippen LogP) is 3.28. The Balaban J connectivity index is 2.58. The van der Waals surface area contributed by atoms with Crippen molar-refractivity contribution in [1.29, 1.82) is 0 Å². The van der Waals surface area contributed by atoms with E-state index in [4.69, 9.17) is 4.42 Å². The second-order valence-electron chi connectivity index (χ2n) is 4.01. The van der Waals surface area contributed by atoms with Crippen molar-refractivity contribution >= 4 is 12.0 Å². The van der Waals surface area contributed by atoms with E-state index in [1.54, 1.807) is 26.0 Å². The first kappa shape index (κ1) is 12.0. The highest BCUT2D eigenvalue weighted by Crippen LogP contribution is 2.30. The Kier molecular flexibility index (Phi) is 2.97. The van der Waals surface area contributed by atoms with Crippen LogP contribution in [0.3, 0.4) is 0 Å². The number of nitrogens with zero attached hydrogens (tertiary/aromatic N) is 1. The molecule has 0 bridgehead atoms. The molecule has 0 spiro atoms. The van der Waals surface area contributed by atoms with Crippen molar-refractivity contribution in [2.24, 2.45) is 0 Å². The molecule has 18 heavy (non-hydrogen) atoms. The summed E-state index contributed by atoms with van der Waals surface area (Å²) in [6, 6.07) is 6.41. The molecule has 1 heterocycles. The van der Waals surface area contributed by atoms with E-state index >= 15 is 0 Å². The van der Waals surface area contributed by atoms with Crippen molar-refractivity contribution in [3.05, 3.63) is 51.3 Å². The van der Waals surface area contributed by atoms with Crippen LogP contribution in [-0.2, 0) is 0 Å². The Morgan fingerprint density at radius 3 is 2.56 bits per heavy atom. The van der Waals surface area contributed by atoms with Crippen molar-refractivity contribution in [3.63, 3.8) is 0 Å². The van der Waals surface area contributed by atoms with Crippen molar-refractivity contribution in [2.75, 3.05) is 0 Å². The van der Waals surface area contributed by atoms with Gasteiger partial charge in [0, 0.05) is 17.2 Å². The average Bonchev–Trinajstić information content (AvgIpc) is 2.80. The summed E-state index contributed by atoms with van der Waals surface area (Å²) in [5.74, 6) is 0.647. The lowest BCUT2D eigenvalue weighted by atomic mass is 10.0. The van der Waals surface area contributed by atoms with Gasteiger partial charge in [0.1, 0.15) is 5.76 Å². The molecule has 1 aromatic heterocycles. The summed E-state index contributed by atoms with van der Waals surface area (Å²) in [6.07, 6.45) is 0.596. The first-order valence-corrected chi connectivity index (χ1v) is 5.34. The van der Waals surface area contributed by atoms with E-state index in [0.717, 1.165) is 5.56 Å². The van der Waals surface area contributed by atoms with E-state index in [2.05, 4.69) is 0 Å². The average molecular weight is 245 g/mol. The zero-order chi connectivity index (χ0) is 13.3. The van der Waals surface area contributed by atoms with Gasteiger partial charge in [0.2, 0.25) is 0 Å². The maximum atomic E-state index is 10.9. The summed E-state index contributed by atoms with van der Waals surface area (Å²) in [6.45, 7) is 3.51. The van der Waals surface area contributed by atoms with Crippen LogP contribution in [0.15, 0.2) is 28.7 Å². The van der Waals surface area contributed by atoms with E-state index in [-0.39, 0.29) is 11.4 Å². The molecular formula is C13H11NO4. The number of nitro benzene ring substituents is 1. The zero-order valence-electron chi connectivity index (χ0n) is 9.97. The van der Waals surface area contributed by atoms with Gasteiger partial charge in [-0.15, -0.1) is 0 Å². The maximum Gasteiger partial charge on any atom is 0.273 e. The molecule has 0 aliphatic rings. The smallest absolute Gasteiger partial charge is 0.273 e. The predicted molar refractivity (Wildman–Crippen MR) is 65.7 cm³/mol. The Bertz CT molecular complexity index is 628. The van der Waals surface area contributed by atoms with Gasteiger partial charge in [-0.1, -0.05) is 0 Å². The highest BCUT2D eigenvalue weighted by molar-refractivity contribution is 5.73. The summed E-state index contributed by atoms with van der Waals surface area (Å²) in [7, 11) is 0. The topological polar surface area (TPSA) is 73.3 Å². The molecule has 5 heteroatoms.